The number of hydrogen-bond acceptors (Lipinski definition) is 10. The van der Waals surface area contributed by atoms with Gasteiger partial charge in [0.25, 0.3) is 5.91 Å². The number of carbonyl (C=O) groups excluding carboxylic acids is 8. The molecule has 1 aromatic rings. The zero-order valence-corrected chi connectivity index (χ0v) is 34.1. The number of likely N-dealkylation sites (tertiary alicyclic amines) is 1. The van der Waals surface area contributed by atoms with Gasteiger partial charge in [-0.25, -0.2) is 4.79 Å². The van der Waals surface area contributed by atoms with Crippen LogP contribution >= 0.6 is 0 Å². The van der Waals surface area contributed by atoms with Crippen LogP contribution in [0.25, 0.3) is 0 Å². The van der Waals surface area contributed by atoms with E-state index in [0.717, 1.165) is 24.0 Å². The van der Waals surface area contributed by atoms with Crippen LogP contribution in [0, 0.1) is 11.8 Å². The van der Waals surface area contributed by atoms with E-state index in [1.54, 1.807) is 32.6 Å². The minimum atomic E-state index is -1.19. The fourth-order valence-electron chi connectivity index (χ4n) is 7.08. The molecular formula is C41H60N6O10. The first-order valence-corrected chi connectivity index (χ1v) is 20.3. The van der Waals surface area contributed by atoms with Gasteiger partial charge < -0.3 is 40.5 Å². The summed E-state index contributed by atoms with van der Waals surface area (Å²) in [6.07, 6.45) is 2.44. The van der Waals surface area contributed by atoms with Gasteiger partial charge in [0.1, 0.15) is 24.2 Å². The molecule has 0 spiro atoms. The molecule has 16 heteroatoms. The quantitative estimate of drug-likeness (QED) is 0.0913. The molecule has 2 heterocycles. The number of ether oxygens (including phenoxy) is 2. The van der Waals surface area contributed by atoms with Crippen LogP contribution in [0.15, 0.2) is 24.3 Å². The molecule has 1 unspecified atom stereocenters. The number of hydrogen-bond donors (Lipinski definition) is 4. The van der Waals surface area contributed by atoms with E-state index in [9.17, 15) is 38.4 Å². The Morgan fingerprint density at radius 1 is 0.860 bits per heavy atom. The zero-order chi connectivity index (χ0) is 41.8. The molecule has 3 aliphatic rings. The Bertz CT molecular complexity index is 1640. The van der Waals surface area contributed by atoms with Gasteiger partial charge >= 0.3 is 12.1 Å². The SMILES string of the molecule is CCCC(NC(=O)[C@@H]1C[C@@H](OC(=O)N2CCc3ccccc3C2)CN1C(=O)[C@@H](NC(=O)[C@@H](NC(=O)CCCCC(=O)OC)C(C)C)C(C)C)C(=O)C(=O)NC1CC1. The lowest BCUT2D eigenvalue weighted by Gasteiger charge is -2.32. The molecule has 0 bridgehead atoms. The molecule has 1 aromatic carbocycles. The van der Waals surface area contributed by atoms with Crippen LogP contribution in [-0.2, 0) is 56.0 Å². The highest BCUT2D eigenvalue weighted by Crippen LogP contribution is 2.26. The second-order valence-electron chi connectivity index (χ2n) is 16.0. The average molecular weight is 797 g/mol. The van der Waals surface area contributed by atoms with Gasteiger partial charge in [0.2, 0.25) is 29.4 Å². The van der Waals surface area contributed by atoms with Gasteiger partial charge in [0.15, 0.2) is 0 Å². The number of unbranched alkanes of at least 4 members (excludes halogenated alkanes) is 1. The number of carbonyl (C=O) groups is 8. The first-order valence-electron chi connectivity index (χ1n) is 20.3. The van der Waals surface area contributed by atoms with E-state index in [0.29, 0.717) is 38.8 Å². The predicted molar refractivity (Wildman–Crippen MR) is 208 cm³/mol. The third kappa shape index (κ3) is 12.7. The lowest BCUT2D eigenvalue weighted by Crippen LogP contribution is -2.59. The number of methoxy groups -OCH3 is 1. The van der Waals surface area contributed by atoms with Gasteiger partial charge in [0.05, 0.1) is 19.7 Å². The Hall–Kier alpha value is -5.02. The third-order valence-corrected chi connectivity index (χ3v) is 10.6. The van der Waals surface area contributed by atoms with Gasteiger partial charge in [-0.05, 0) is 61.5 Å². The van der Waals surface area contributed by atoms with Crippen LogP contribution in [0.4, 0.5) is 4.79 Å². The molecule has 1 saturated carbocycles. The molecule has 1 saturated heterocycles. The molecule has 2 fully saturated rings. The van der Waals surface area contributed by atoms with Crippen LogP contribution in [0.3, 0.4) is 0 Å². The van der Waals surface area contributed by atoms with Gasteiger partial charge in [-0.1, -0.05) is 65.3 Å². The lowest BCUT2D eigenvalue weighted by molar-refractivity contribution is -0.144. The summed E-state index contributed by atoms with van der Waals surface area (Å²) < 4.78 is 10.6. The highest BCUT2D eigenvalue weighted by atomic mass is 16.6. The molecular weight excluding hydrogens is 736 g/mol. The molecule has 2 aliphatic heterocycles. The van der Waals surface area contributed by atoms with Crippen molar-refractivity contribution in [2.75, 3.05) is 20.2 Å². The Morgan fingerprint density at radius 3 is 2.16 bits per heavy atom. The maximum absolute atomic E-state index is 14.5. The smallest absolute Gasteiger partial charge is 0.410 e. The van der Waals surface area contributed by atoms with Gasteiger partial charge in [-0.15, -0.1) is 0 Å². The molecule has 4 rings (SSSR count). The normalized spacial score (nSPS) is 19.2. The minimum absolute atomic E-state index is 0.0592. The molecule has 6 amide bonds. The summed E-state index contributed by atoms with van der Waals surface area (Å²) >= 11 is 0. The largest absolute Gasteiger partial charge is 0.469 e. The molecule has 5 atom stereocenters. The number of fused-ring (bicyclic) bond motifs is 1. The van der Waals surface area contributed by atoms with E-state index >= 15 is 0 Å². The predicted octanol–water partition coefficient (Wildman–Crippen LogP) is 2.30. The first-order chi connectivity index (χ1) is 27.1. The van der Waals surface area contributed by atoms with Gasteiger partial charge in [-0.3, -0.25) is 33.6 Å². The lowest BCUT2D eigenvalue weighted by atomic mass is 9.98. The Morgan fingerprint density at radius 2 is 1.53 bits per heavy atom. The van der Waals surface area contributed by atoms with Crippen molar-refractivity contribution in [3.05, 3.63) is 35.4 Å². The number of ketones is 1. The highest BCUT2D eigenvalue weighted by molar-refractivity contribution is 6.38. The maximum atomic E-state index is 14.5. The standard InChI is InChI=1S/C41H60N6O10/c1-7-12-30(36(50)39(53)42-28-17-18-28)43-37(51)31-21-29(57-41(55)46-20-19-26-13-8-9-14-27(26)22-46)23-47(31)40(54)35(25(4)5)45-38(52)34(24(2)3)44-32(48)15-10-11-16-33(49)56-6/h8-9,13-14,24-25,28-31,34-35H,7,10-12,15-23H2,1-6H3,(H,42,53)(H,43,51)(H,44,48)(H,45,52)/t29-,30?,31+,34+,35+/m1/s1. The summed E-state index contributed by atoms with van der Waals surface area (Å²) in [5.74, 6) is -5.03. The Balaban J connectivity index is 1.50. The van der Waals surface area contributed by atoms with Crippen LogP contribution in [0.2, 0.25) is 0 Å². The summed E-state index contributed by atoms with van der Waals surface area (Å²) in [5, 5.41) is 10.9. The number of benzene rings is 1. The van der Waals surface area contributed by atoms with Crippen LogP contribution < -0.4 is 21.3 Å². The second-order valence-corrected chi connectivity index (χ2v) is 16.0. The summed E-state index contributed by atoms with van der Waals surface area (Å²) in [5.41, 5.74) is 2.15. The van der Waals surface area contributed by atoms with Crippen molar-refractivity contribution < 1.29 is 47.8 Å². The van der Waals surface area contributed by atoms with E-state index in [1.165, 1.54) is 12.0 Å². The topological polar surface area (TPSA) is 210 Å². The van der Waals surface area contributed by atoms with E-state index in [-0.39, 0.29) is 56.1 Å². The average Bonchev–Trinajstić information content (AvgIpc) is 3.90. The van der Waals surface area contributed by atoms with Crippen molar-refractivity contribution in [2.24, 2.45) is 11.8 Å². The van der Waals surface area contributed by atoms with Crippen LogP contribution in [-0.4, -0.2) is 114 Å². The Labute approximate surface area is 334 Å². The number of nitrogens with zero attached hydrogens (tertiary/aromatic N) is 2. The van der Waals surface area contributed by atoms with E-state index in [2.05, 4.69) is 26.0 Å². The first kappa shape index (κ1) is 44.7. The highest BCUT2D eigenvalue weighted by Gasteiger charge is 2.46. The van der Waals surface area contributed by atoms with Gasteiger partial charge in [0, 0.05) is 38.4 Å². The van der Waals surface area contributed by atoms with Crippen molar-refractivity contribution in [3.8, 4) is 0 Å². The van der Waals surface area contributed by atoms with Crippen molar-refractivity contribution in [3.63, 3.8) is 0 Å². The van der Waals surface area contributed by atoms with Gasteiger partial charge in [-0.2, -0.15) is 0 Å². The summed E-state index contributed by atoms with van der Waals surface area (Å²) in [4.78, 5) is 109. The number of Topliss-reactive ketones (excluding diaryl/α,β-unsaturated/α-hetero) is 1. The Kier molecular flexibility index (Phi) is 16.4. The van der Waals surface area contributed by atoms with E-state index in [4.69, 9.17) is 4.74 Å². The monoisotopic (exact) mass is 796 g/mol. The minimum Gasteiger partial charge on any atom is -0.469 e. The molecule has 1 aliphatic carbocycles. The molecule has 314 valence electrons. The van der Waals surface area contributed by atoms with Crippen molar-refractivity contribution in [2.45, 2.75) is 142 Å². The zero-order valence-electron chi connectivity index (χ0n) is 34.1. The number of rotatable bonds is 19. The molecule has 0 aromatic heterocycles. The van der Waals surface area contributed by atoms with Crippen molar-refractivity contribution >= 4 is 47.4 Å². The van der Waals surface area contributed by atoms with Crippen molar-refractivity contribution in [1.29, 1.82) is 0 Å². The molecule has 4 N–H and O–H groups in total. The van der Waals surface area contributed by atoms with Crippen molar-refractivity contribution in [1.82, 2.24) is 31.1 Å². The summed E-state index contributed by atoms with van der Waals surface area (Å²) in [6.45, 7) is 9.43. The van der Waals surface area contributed by atoms with E-state index in [1.807, 2.05) is 31.2 Å². The molecule has 0 radical (unpaired) electrons. The molecule has 16 nitrogen and oxygen atoms in total. The fraction of sp³-hybridized carbons (Fsp3) is 0.659. The third-order valence-electron chi connectivity index (χ3n) is 10.6. The summed E-state index contributed by atoms with van der Waals surface area (Å²) in [6, 6.07) is 3.30. The fourth-order valence-corrected chi connectivity index (χ4v) is 7.08. The maximum Gasteiger partial charge on any atom is 0.410 e. The second kappa shape index (κ2) is 20.9. The van der Waals surface area contributed by atoms with Crippen LogP contribution in [0.1, 0.15) is 104 Å². The van der Waals surface area contributed by atoms with E-state index < -0.39 is 71.7 Å². The summed E-state index contributed by atoms with van der Waals surface area (Å²) in [7, 11) is 1.29. The number of nitrogens with one attached hydrogen (secondary N) is 4. The molecule has 57 heavy (non-hydrogen) atoms. The number of esters is 1. The number of amides is 6. The van der Waals surface area contributed by atoms with Crippen LogP contribution in [0.5, 0.6) is 0 Å².